The van der Waals surface area contributed by atoms with Crippen molar-refractivity contribution in [1.29, 1.82) is 0 Å². The summed E-state index contributed by atoms with van der Waals surface area (Å²) in [5.41, 5.74) is 1.70. The fraction of sp³-hybridized carbons (Fsp3) is 0.588. The lowest BCUT2D eigenvalue weighted by Gasteiger charge is -2.34. The van der Waals surface area contributed by atoms with Crippen LogP contribution in [-0.2, 0) is 19.1 Å². The van der Waals surface area contributed by atoms with Crippen molar-refractivity contribution in [2.75, 3.05) is 0 Å². The zero-order valence-electron chi connectivity index (χ0n) is 23.7. The first kappa shape index (κ1) is 28.4. The molecule has 0 aliphatic heterocycles. The van der Waals surface area contributed by atoms with Crippen LogP contribution in [0.3, 0.4) is 0 Å². The maximum absolute atomic E-state index is 13.5. The van der Waals surface area contributed by atoms with E-state index >= 15 is 0 Å². The molecule has 0 amide bonds. The van der Waals surface area contributed by atoms with Crippen LogP contribution < -0.4 is 0 Å². The Labute approximate surface area is 229 Å². The molecule has 0 aromatic heterocycles. The molecular formula is C34H46O4. The summed E-state index contributed by atoms with van der Waals surface area (Å²) >= 11 is 0. The Bertz CT molecular complexity index is 916. The Morgan fingerprint density at radius 2 is 0.868 bits per heavy atom. The van der Waals surface area contributed by atoms with Crippen LogP contribution in [0.15, 0.2) is 60.7 Å². The number of carbonyl (C=O) groups is 2. The van der Waals surface area contributed by atoms with Gasteiger partial charge in [-0.05, 0) is 86.2 Å². The summed E-state index contributed by atoms with van der Waals surface area (Å²) in [7, 11) is 0. The summed E-state index contributed by atoms with van der Waals surface area (Å²) in [6.45, 7) is 9.07. The molecule has 2 atom stereocenters. The topological polar surface area (TPSA) is 52.6 Å². The summed E-state index contributed by atoms with van der Waals surface area (Å²) in [6, 6.07) is 19.5. The first-order valence-electron chi connectivity index (χ1n) is 14.8. The second kappa shape index (κ2) is 13.4. The molecule has 0 heterocycles. The first-order chi connectivity index (χ1) is 18.3. The Kier molecular flexibility index (Phi) is 10.0. The molecular weight excluding hydrogens is 472 g/mol. The van der Waals surface area contributed by atoms with Crippen molar-refractivity contribution in [3.63, 3.8) is 0 Å². The smallest absolute Gasteiger partial charge is 0.309 e. The first-order valence-corrected chi connectivity index (χ1v) is 14.8. The van der Waals surface area contributed by atoms with Gasteiger partial charge in [0.1, 0.15) is 0 Å². The van der Waals surface area contributed by atoms with Gasteiger partial charge in [-0.2, -0.15) is 0 Å². The van der Waals surface area contributed by atoms with E-state index < -0.39 is 12.2 Å². The molecule has 2 saturated carbocycles. The van der Waals surface area contributed by atoms with E-state index in [1.54, 1.807) is 0 Å². The number of hydrogen-bond donors (Lipinski definition) is 0. The number of carbonyl (C=O) groups excluding carboxylic acids is 2. The zero-order chi connectivity index (χ0) is 27.1. The molecule has 2 aliphatic carbocycles. The average Bonchev–Trinajstić information content (AvgIpc) is 2.95. The summed E-state index contributed by atoms with van der Waals surface area (Å²) < 4.78 is 12.6. The quantitative estimate of drug-likeness (QED) is 0.312. The predicted octanol–water partition coefficient (Wildman–Crippen LogP) is 8.48. The van der Waals surface area contributed by atoms with Gasteiger partial charge in [-0.25, -0.2) is 0 Å². The fourth-order valence-corrected chi connectivity index (χ4v) is 6.38. The molecule has 0 unspecified atom stereocenters. The van der Waals surface area contributed by atoms with E-state index in [0.717, 1.165) is 62.5 Å². The van der Waals surface area contributed by atoms with E-state index in [1.165, 1.54) is 0 Å². The van der Waals surface area contributed by atoms with Crippen molar-refractivity contribution in [2.45, 2.75) is 91.3 Å². The normalized spacial score (nSPS) is 25.5. The lowest BCUT2D eigenvalue weighted by molar-refractivity contribution is -0.176. The van der Waals surface area contributed by atoms with Crippen molar-refractivity contribution in [2.24, 2.45) is 35.5 Å². The van der Waals surface area contributed by atoms with Crippen molar-refractivity contribution >= 4 is 11.9 Å². The molecule has 0 N–H and O–H groups in total. The van der Waals surface area contributed by atoms with Crippen LogP contribution >= 0.6 is 0 Å². The van der Waals surface area contributed by atoms with Gasteiger partial charge in [0.05, 0.1) is 11.8 Å². The number of hydrogen-bond acceptors (Lipinski definition) is 4. The highest BCUT2D eigenvalue weighted by atomic mass is 16.6. The minimum Gasteiger partial charge on any atom is -0.453 e. The zero-order valence-corrected chi connectivity index (χ0v) is 23.7. The third-order valence-electron chi connectivity index (χ3n) is 9.11. The van der Waals surface area contributed by atoms with Crippen molar-refractivity contribution in [3.8, 4) is 0 Å². The van der Waals surface area contributed by atoms with Gasteiger partial charge in [0.15, 0.2) is 12.2 Å². The molecule has 0 spiro atoms. The Morgan fingerprint density at radius 3 is 1.16 bits per heavy atom. The fourth-order valence-electron chi connectivity index (χ4n) is 6.38. The third kappa shape index (κ3) is 7.27. The number of esters is 2. The number of rotatable bonds is 9. The van der Waals surface area contributed by atoms with Crippen LogP contribution in [0.1, 0.15) is 102 Å². The van der Waals surface area contributed by atoms with E-state index in [9.17, 15) is 9.59 Å². The average molecular weight is 519 g/mol. The van der Waals surface area contributed by atoms with Gasteiger partial charge in [0.2, 0.25) is 0 Å². The Balaban J connectivity index is 1.55. The monoisotopic (exact) mass is 518 g/mol. The van der Waals surface area contributed by atoms with Gasteiger partial charge < -0.3 is 9.47 Å². The molecule has 4 rings (SSSR count). The Morgan fingerprint density at radius 1 is 0.553 bits per heavy atom. The van der Waals surface area contributed by atoms with Gasteiger partial charge >= 0.3 is 11.9 Å². The molecule has 0 saturated heterocycles. The summed E-state index contributed by atoms with van der Waals surface area (Å²) in [5, 5.41) is 0. The number of ether oxygens (including phenoxy) is 2. The standard InChI is InChI=1S/C34H46O4/c1-23(2)25-15-19-29(20-16-25)33(35)37-31(27-11-7-5-8-12-27)32(28-13-9-6-10-14-28)38-34(36)30-21-17-26(18-22-30)24(3)4/h5-14,23-26,29-32H,15-22H2,1-4H3/t25?,26?,29?,30?,31-,32-/m1/s1. The van der Waals surface area contributed by atoms with Crippen molar-refractivity contribution in [3.05, 3.63) is 71.8 Å². The summed E-state index contributed by atoms with van der Waals surface area (Å²) in [4.78, 5) is 27.0. The minimum atomic E-state index is -0.690. The molecule has 38 heavy (non-hydrogen) atoms. The van der Waals surface area contributed by atoms with Gasteiger partial charge in [-0.15, -0.1) is 0 Å². The van der Waals surface area contributed by atoms with Crippen LogP contribution in [0.5, 0.6) is 0 Å². The third-order valence-corrected chi connectivity index (χ3v) is 9.11. The second-order valence-corrected chi connectivity index (χ2v) is 12.2. The highest BCUT2D eigenvalue weighted by molar-refractivity contribution is 5.74. The predicted molar refractivity (Wildman–Crippen MR) is 151 cm³/mol. The molecule has 206 valence electrons. The molecule has 0 bridgehead atoms. The maximum atomic E-state index is 13.5. The minimum absolute atomic E-state index is 0.102. The van der Waals surface area contributed by atoms with Gasteiger partial charge in [0.25, 0.3) is 0 Å². The summed E-state index contributed by atoms with van der Waals surface area (Å²) in [5.74, 6) is 2.08. The van der Waals surface area contributed by atoms with Crippen LogP contribution in [0, 0.1) is 35.5 Å². The number of benzene rings is 2. The SMILES string of the molecule is CC(C)C1CCC(C(=O)O[C@H](c2ccccc2)[C@H](OC(=O)C2CCC(C(C)C)CC2)c2ccccc2)CC1. The van der Waals surface area contributed by atoms with E-state index in [4.69, 9.17) is 9.47 Å². The van der Waals surface area contributed by atoms with E-state index in [0.29, 0.717) is 23.7 Å². The lowest BCUT2D eigenvalue weighted by Crippen LogP contribution is -2.31. The van der Waals surface area contributed by atoms with E-state index in [1.807, 2.05) is 60.7 Å². The molecule has 2 aromatic rings. The van der Waals surface area contributed by atoms with Crippen LogP contribution in [0.2, 0.25) is 0 Å². The van der Waals surface area contributed by atoms with Crippen molar-refractivity contribution < 1.29 is 19.1 Å². The van der Waals surface area contributed by atoms with Crippen LogP contribution in [0.4, 0.5) is 0 Å². The second-order valence-electron chi connectivity index (χ2n) is 12.2. The van der Waals surface area contributed by atoms with Crippen LogP contribution in [0.25, 0.3) is 0 Å². The molecule has 4 nitrogen and oxygen atoms in total. The van der Waals surface area contributed by atoms with Crippen LogP contribution in [-0.4, -0.2) is 11.9 Å². The maximum Gasteiger partial charge on any atom is 0.309 e. The highest BCUT2D eigenvalue weighted by Crippen LogP contribution is 2.41. The lowest BCUT2D eigenvalue weighted by atomic mass is 9.77. The largest absolute Gasteiger partial charge is 0.453 e. The molecule has 0 radical (unpaired) electrons. The van der Waals surface area contributed by atoms with Crippen molar-refractivity contribution in [1.82, 2.24) is 0 Å². The highest BCUT2D eigenvalue weighted by Gasteiger charge is 2.37. The molecule has 2 aliphatic rings. The van der Waals surface area contributed by atoms with E-state index in [2.05, 4.69) is 27.7 Å². The molecule has 2 aromatic carbocycles. The van der Waals surface area contributed by atoms with Gasteiger partial charge in [-0.3, -0.25) is 9.59 Å². The Hall–Kier alpha value is -2.62. The van der Waals surface area contributed by atoms with Gasteiger partial charge in [-0.1, -0.05) is 88.4 Å². The summed E-state index contributed by atoms with van der Waals surface area (Å²) in [6.07, 6.45) is 6.29. The van der Waals surface area contributed by atoms with E-state index in [-0.39, 0.29) is 23.8 Å². The molecule has 4 heteroatoms. The van der Waals surface area contributed by atoms with Gasteiger partial charge in [0, 0.05) is 0 Å². The molecule has 2 fully saturated rings.